The smallest absolute Gasteiger partial charge is 0.191 e. The van der Waals surface area contributed by atoms with Gasteiger partial charge < -0.3 is 10.6 Å². The number of halogens is 3. The van der Waals surface area contributed by atoms with Crippen LogP contribution in [0.5, 0.6) is 0 Å². The van der Waals surface area contributed by atoms with E-state index in [1.54, 1.807) is 11.8 Å². The first-order valence-electron chi connectivity index (χ1n) is 6.61. The van der Waals surface area contributed by atoms with E-state index in [4.69, 9.17) is 0 Å². The number of aliphatic imine (C=N–C) groups is 1. The molecule has 1 aromatic rings. The largest absolute Gasteiger partial charge is 0.357 e. The third kappa shape index (κ3) is 9.13. The van der Waals surface area contributed by atoms with Gasteiger partial charge >= 0.3 is 0 Å². The van der Waals surface area contributed by atoms with Crippen molar-refractivity contribution in [1.82, 2.24) is 10.6 Å². The fourth-order valence-corrected chi connectivity index (χ4v) is 1.94. The lowest BCUT2D eigenvalue weighted by Crippen LogP contribution is -2.38. The SMILES string of the molecule is CCNC(=NCCSC)NCCc1cc(F)cc(F)c1.I. The van der Waals surface area contributed by atoms with Crippen LogP contribution in [0.4, 0.5) is 8.78 Å². The van der Waals surface area contributed by atoms with Crippen LogP contribution < -0.4 is 10.6 Å². The Labute approximate surface area is 146 Å². The van der Waals surface area contributed by atoms with Crippen LogP contribution in [0.15, 0.2) is 23.2 Å². The summed E-state index contributed by atoms with van der Waals surface area (Å²) < 4.78 is 26.1. The third-order valence-corrected chi connectivity index (χ3v) is 3.13. The second kappa shape index (κ2) is 12.0. The number of hydrogen-bond donors (Lipinski definition) is 2. The van der Waals surface area contributed by atoms with Gasteiger partial charge in [-0.25, -0.2) is 8.78 Å². The van der Waals surface area contributed by atoms with E-state index in [1.165, 1.54) is 12.1 Å². The molecule has 1 rings (SSSR count). The Morgan fingerprint density at radius 3 is 2.43 bits per heavy atom. The molecule has 0 bridgehead atoms. The Kier molecular flexibility index (Phi) is 11.7. The van der Waals surface area contributed by atoms with Gasteiger partial charge in [-0.05, 0) is 37.3 Å². The van der Waals surface area contributed by atoms with E-state index in [0.29, 0.717) is 18.5 Å². The summed E-state index contributed by atoms with van der Waals surface area (Å²) in [5.41, 5.74) is 0.634. The maximum Gasteiger partial charge on any atom is 0.191 e. The summed E-state index contributed by atoms with van der Waals surface area (Å²) in [6, 6.07) is 3.58. The van der Waals surface area contributed by atoms with Crippen LogP contribution >= 0.6 is 35.7 Å². The quantitative estimate of drug-likeness (QED) is 0.303. The van der Waals surface area contributed by atoms with Crippen LogP contribution in [0.25, 0.3) is 0 Å². The number of rotatable bonds is 7. The monoisotopic (exact) mass is 429 g/mol. The van der Waals surface area contributed by atoms with Crippen molar-refractivity contribution in [1.29, 1.82) is 0 Å². The molecular formula is C14H22F2IN3S. The lowest BCUT2D eigenvalue weighted by Gasteiger charge is -2.11. The molecule has 2 N–H and O–H groups in total. The average Bonchev–Trinajstić information content (AvgIpc) is 2.38. The van der Waals surface area contributed by atoms with Crippen molar-refractivity contribution in [3.05, 3.63) is 35.4 Å². The summed E-state index contributed by atoms with van der Waals surface area (Å²) in [6.07, 6.45) is 2.58. The zero-order valence-electron chi connectivity index (χ0n) is 12.3. The summed E-state index contributed by atoms with van der Waals surface area (Å²) in [5.74, 6) is 0.616. The molecule has 0 saturated heterocycles. The topological polar surface area (TPSA) is 36.4 Å². The first-order valence-corrected chi connectivity index (χ1v) is 8.01. The minimum absolute atomic E-state index is 0. The minimum Gasteiger partial charge on any atom is -0.357 e. The van der Waals surface area contributed by atoms with Crippen molar-refractivity contribution >= 4 is 41.7 Å². The van der Waals surface area contributed by atoms with Crippen LogP contribution in [0.3, 0.4) is 0 Å². The van der Waals surface area contributed by atoms with E-state index in [2.05, 4.69) is 15.6 Å². The number of hydrogen-bond acceptors (Lipinski definition) is 2. The molecule has 21 heavy (non-hydrogen) atoms. The molecule has 0 radical (unpaired) electrons. The van der Waals surface area contributed by atoms with Gasteiger partial charge in [0.05, 0.1) is 6.54 Å². The minimum atomic E-state index is -0.541. The highest BCUT2D eigenvalue weighted by Crippen LogP contribution is 2.08. The van der Waals surface area contributed by atoms with Gasteiger partial charge in [0.1, 0.15) is 11.6 Å². The van der Waals surface area contributed by atoms with E-state index < -0.39 is 11.6 Å². The lowest BCUT2D eigenvalue weighted by molar-refractivity contribution is 0.579. The second-order valence-corrected chi connectivity index (χ2v) is 5.19. The van der Waals surface area contributed by atoms with Crippen molar-refractivity contribution in [3.8, 4) is 0 Å². The van der Waals surface area contributed by atoms with E-state index in [1.807, 2.05) is 13.2 Å². The maximum absolute atomic E-state index is 13.0. The molecule has 0 aliphatic rings. The van der Waals surface area contributed by atoms with Crippen LogP contribution in [-0.2, 0) is 6.42 Å². The molecule has 0 spiro atoms. The fraction of sp³-hybridized carbons (Fsp3) is 0.500. The first kappa shape index (κ1) is 20.4. The van der Waals surface area contributed by atoms with E-state index in [0.717, 1.165) is 30.9 Å². The van der Waals surface area contributed by atoms with Gasteiger partial charge in [-0.3, -0.25) is 4.99 Å². The van der Waals surface area contributed by atoms with Crippen molar-refractivity contribution < 1.29 is 8.78 Å². The molecule has 0 aromatic heterocycles. The predicted octanol–water partition coefficient (Wildman–Crippen LogP) is 3.04. The molecule has 0 saturated carbocycles. The fourth-order valence-electron chi connectivity index (χ4n) is 1.67. The number of nitrogens with one attached hydrogen (secondary N) is 2. The van der Waals surface area contributed by atoms with Gasteiger partial charge in [-0.2, -0.15) is 11.8 Å². The van der Waals surface area contributed by atoms with Crippen molar-refractivity contribution in [2.24, 2.45) is 4.99 Å². The van der Waals surface area contributed by atoms with Gasteiger partial charge in [0.2, 0.25) is 0 Å². The van der Waals surface area contributed by atoms with E-state index >= 15 is 0 Å². The summed E-state index contributed by atoms with van der Waals surface area (Å²) in [5, 5.41) is 6.28. The summed E-state index contributed by atoms with van der Waals surface area (Å²) in [7, 11) is 0. The number of benzene rings is 1. The number of nitrogens with zero attached hydrogens (tertiary/aromatic N) is 1. The molecule has 1 aromatic carbocycles. The Morgan fingerprint density at radius 2 is 1.86 bits per heavy atom. The zero-order chi connectivity index (χ0) is 14.8. The number of guanidine groups is 1. The molecule has 0 aliphatic heterocycles. The van der Waals surface area contributed by atoms with E-state index in [9.17, 15) is 8.78 Å². The van der Waals surface area contributed by atoms with Gasteiger partial charge in [0.15, 0.2) is 5.96 Å². The molecule has 0 unspecified atom stereocenters. The average molecular weight is 429 g/mol. The molecule has 0 aliphatic carbocycles. The highest BCUT2D eigenvalue weighted by molar-refractivity contribution is 14.0. The van der Waals surface area contributed by atoms with Crippen molar-refractivity contribution in [2.45, 2.75) is 13.3 Å². The molecule has 3 nitrogen and oxygen atoms in total. The Morgan fingerprint density at radius 1 is 1.19 bits per heavy atom. The molecule has 120 valence electrons. The first-order chi connectivity index (χ1) is 9.65. The summed E-state index contributed by atoms with van der Waals surface area (Å²) in [6.45, 7) is 4.09. The highest BCUT2D eigenvalue weighted by atomic mass is 127. The normalized spacial score (nSPS) is 11.0. The van der Waals surface area contributed by atoms with E-state index in [-0.39, 0.29) is 24.0 Å². The zero-order valence-corrected chi connectivity index (χ0v) is 15.4. The molecule has 0 amide bonds. The Bertz CT molecular complexity index is 424. The molecule has 0 heterocycles. The van der Waals surface area contributed by atoms with Crippen molar-refractivity contribution in [2.75, 3.05) is 31.6 Å². The highest BCUT2D eigenvalue weighted by Gasteiger charge is 2.01. The van der Waals surface area contributed by atoms with Crippen LogP contribution in [0, 0.1) is 11.6 Å². The molecule has 0 fully saturated rings. The van der Waals surface area contributed by atoms with Crippen molar-refractivity contribution in [3.63, 3.8) is 0 Å². The van der Waals surface area contributed by atoms with Crippen LogP contribution in [-0.4, -0.2) is 37.6 Å². The Hall–Kier alpha value is -0.570. The Balaban J connectivity index is 0.00000400. The predicted molar refractivity (Wildman–Crippen MR) is 97.8 cm³/mol. The maximum atomic E-state index is 13.0. The summed E-state index contributed by atoms with van der Waals surface area (Å²) >= 11 is 1.74. The number of thioether (sulfide) groups is 1. The standard InChI is InChI=1S/C14H21F2N3S.HI/c1-3-17-14(19-6-7-20-2)18-5-4-11-8-12(15)10-13(16)9-11;/h8-10H,3-7H2,1-2H3,(H2,17,18,19);1H. The molecule has 7 heteroatoms. The van der Waals surface area contributed by atoms with Gasteiger partial charge in [-0.1, -0.05) is 0 Å². The third-order valence-electron chi connectivity index (χ3n) is 2.54. The molecular weight excluding hydrogens is 407 g/mol. The lowest BCUT2D eigenvalue weighted by atomic mass is 10.1. The second-order valence-electron chi connectivity index (χ2n) is 4.21. The van der Waals surface area contributed by atoms with Gasteiger partial charge in [0, 0.05) is 24.9 Å². The molecule has 0 atom stereocenters. The van der Waals surface area contributed by atoms with Gasteiger partial charge in [0.25, 0.3) is 0 Å². The van der Waals surface area contributed by atoms with Crippen LogP contribution in [0.2, 0.25) is 0 Å². The van der Waals surface area contributed by atoms with Gasteiger partial charge in [-0.15, -0.1) is 24.0 Å². The summed E-state index contributed by atoms with van der Waals surface area (Å²) in [4.78, 5) is 4.39. The van der Waals surface area contributed by atoms with Crippen LogP contribution in [0.1, 0.15) is 12.5 Å².